The minimum absolute atomic E-state index is 0.0396. The first-order valence-electron chi connectivity index (χ1n) is 10.8. The molecular formula is C24H28N2O4. The maximum Gasteiger partial charge on any atom is 0.251 e. The first-order valence-corrected chi connectivity index (χ1v) is 10.8. The largest absolute Gasteiger partial charge is 0.486 e. The molecule has 30 heavy (non-hydrogen) atoms. The SMILES string of the molecule is O=C(N[C@H]1C[C@@H]2CCN(C2)C1)c1ccc2c(c1)OC[C@@H](COCc1ccccc1)O2. The van der Waals surface area contributed by atoms with Crippen LogP contribution in [-0.4, -0.2) is 55.8 Å². The Kier molecular flexibility index (Phi) is 5.60. The summed E-state index contributed by atoms with van der Waals surface area (Å²) in [6.07, 6.45) is 2.18. The molecule has 2 saturated heterocycles. The van der Waals surface area contributed by atoms with Gasteiger partial charge in [-0.3, -0.25) is 4.79 Å². The first kappa shape index (κ1) is 19.4. The molecule has 3 aliphatic rings. The van der Waals surface area contributed by atoms with E-state index >= 15 is 0 Å². The van der Waals surface area contributed by atoms with E-state index in [-0.39, 0.29) is 18.1 Å². The number of hydrogen-bond donors (Lipinski definition) is 1. The summed E-state index contributed by atoms with van der Waals surface area (Å²) in [4.78, 5) is 15.2. The van der Waals surface area contributed by atoms with Crippen molar-refractivity contribution in [1.82, 2.24) is 10.2 Å². The molecule has 0 aromatic heterocycles. The Morgan fingerprint density at radius 2 is 2.03 bits per heavy atom. The molecule has 1 amide bonds. The summed E-state index contributed by atoms with van der Waals surface area (Å²) in [6, 6.07) is 15.7. The summed E-state index contributed by atoms with van der Waals surface area (Å²) < 4.78 is 17.6. The number of ether oxygens (including phenoxy) is 3. The fourth-order valence-corrected chi connectivity index (χ4v) is 4.65. The molecule has 2 bridgehead atoms. The van der Waals surface area contributed by atoms with Crippen LogP contribution in [0.15, 0.2) is 48.5 Å². The van der Waals surface area contributed by atoms with E-state index in [1.54, 1.807) is 6.07 Å². The predicted octanol–water partition coefficient (Wildman–Crippen LogP) is 2.87. The van der Waals surface area contributed by atoms with Gasteiger partial charge in [-0.1, -0.05) is 30.3 Å². The minimum Gasteiger partial charge on any atom is -0.486 e. The fourth-order valence-electron chi connectivity index (χ4n) is 4.65. The van der Waals surface area contributed by atoms with Crippen molar-refractivity contribution < 1.29 is 19.0 Å². The second-order valence-corrected chi connectivity index (χ2v) is 8.53. The highest BCUT2D eigenvalue weighted by molar-refractivity contribution is 5.95. The van der Waals surface area contributed by atoms with Gasteiger partial charge in [0.1, 0.15) is 6.61 Å². The Morgan fingerprint density at radius 1 is 1.13 bits per heavy atom. The van der Waals surface area contributed by atoms with Gasteiger partial charge in [0, 0.05) is 24.7 Å². The summed E-state index contributed by atoms with van der Waals surface area (Å²) in [7, 11) is 0. The third kappa shape index (κ3) is 4.45. The molecule has 3 aliphatic heterocycles. The smallest absolute Gasteiger partial charge is 0.251 e. The molecule has 158 valence electrons. The summed E-state index contributed by atoms with van der Waals surface area (Å²) in [5, 5.41) is 3.20. The average Bonchev–Trinajstić information content (AvgIpc) is 3.12. The van der Waals surface area contributed by atoms with Gasteiger partial charge in [0.25, 0.3) is 5.91 Å². The topological polar surface area (TPSA) is 60.0 Å². The van der Waals surface area contributed by atoms with Crippen molar-refractivity contribution in [3.05, 3.63) is 59.7 Å². The number of fused-ring (bicyclic) bond motifs is 3. The zero-order chi connectivity index (χ0) is 20.3. The Balaban J connectivity index is 1.14. The van der Waals surface area contributed by atoms with E-state index in [1.165, 1.54) is 13.0 Å². The fraction of sp³-hybridized carbons (Fsp3) is 0.458. The van der Waals surface area contributed by atoms with E-state index in [1.807, 2.05) is 42.5 Å². The highest BCUT2D eigenvalue weighted by Crippen LogP contribution is 2.33. The molecule has 2 aromatic rings. The van der Waals surface area contributed by atoms with E-state index in [0.29, 0.717) is 36.9 Å². The van der Waals surface area contributed by atoms with Crippen LogP contribution in [0.2, 0.25) is 0 Å². The number of nitrogens with zero attached hydrogens (tertiary/aromatic N) is 1. The van der Waals surface area contributed by atoms with Crippen LogP contribution in [0.1, 0.15) is 28.8 Å². The van der Waals surface area contributed by atoms with Crippen LogP contribution in [0.25, 0.3) is 0 Å². The Morgan fingerprint density at radius 3 is 2.90 bits per heavy atom. The number of rotatable bonds is 6. The molecule has 0 aliphatic carbocycles. The lowest BCUT2D eigenvalue weighted by Gasteiger charge is -2.30. The highest BCUT2D eigenvalue weighted by Gasteiger charge is 2.33. The van der Waals surface area contributed by atoms with Crippen LogP contribution >= 0.6 is 0 Å². The van der Waals surface area contributed by atoms with Gasteiger partial charge in [-0.05, 0) is 49.1 Å². The van der Waals surface area contributed by atoms with Crippen LogP contribution < -0.4 is 14.8 Å². The number of hydrogen-bond acceptors (Lipinski definition) is 5. The number of carbonyl (C=O) groups is 1. The average molecular weight is 408 g/mol. The van der Waals surface area contributed by atoms with Crippen LogP contribution in [0.5, 0.6) is 11.5 Å². The monoisotopic (exact) mass is 408 g/mol. The third-order valence-corrected chi connectivity index (χ3v) is 6.14. The molecular weight excluding hydrogens is 380 g/mol. The summed E-state index contributed by atoms with van der Waals surface area (Å²) >= 11 is 0. The van der Waals surface area contributed by atoms with Crippen LogP contribution in [-0.2, 0) is 11.3 Å². The number of amides is 1. The van der Waals surface area contributed by atoms with Crippen molar-refractivity contribution in [2.24, 2.45) is 5.92 Å². The Labute approximate surface area is 177 Å². The van der Waals surface area contributed by atoms with Crippen molar-refractivity contribution >= 4 is 5.91 Å². The molecule has 1 N–H and O–H groups in total. The van der Waals surface area contributed by atoms with Crippen molar-refractivity contribution in [2.75, 3.05) is 32.8 Å². The molecule has 0 saturated carbocycles. The highest BCUT2D eigenvalue weighted by atomic mass is 16.6. The normalized spacial score (nSPS) is 26.9. The second kappa shape index (κ2) is 8.66. The summed E-state index contributed by atoms with van der Waals surface area (Å²) in [5.41, 5.74) is 1.75. The molecule has 3 heterocycles. The lowest BCUT2D eigenvalue weighted by Crippen LogP contribution is -2.47. The van der Waals surface area contributed by atoms with Gasteiger partial charge in [-0.25, -0.2) is 0 Å². The number of benzene rings is 2. The molecule has 1 unspecified atom stereocenters. The van der Waals surface area contributed by atoms with Gasteiger partial charge < -0.3 is 24.4 Å². The minimum atomic E-state index is -0.160. The van der Waals surface area contributed by atoms with Gasteiger partial charge >= 0.3 is 0 Å². The molecule has 4 atom stereocenters. The molecule has 6 nitrogen and oxygen atoms in total. The number of nitrogens with one attached hydrogen (secondary N) is 1. The molecule has 0 radical (unpaired) electrons. The van der Waals surface area contributed by atoms with E-state index in [9.17, 15) is 4.79 Å². The lowest BCUT2D eigenvalue weighted by atomic mass is 9.96. The quantitative estimate of drug-likeness (QED) is 0.797. The maximum absolute atomic E-state index is 12.7. The number of carbonyl (C=O) groups excluding carboxylic acids is 1. The first-order chi connectivity index (χ1) is 14.7. The second-order valence-electron chi connectivity index (χ2n) is 8.53. The zero-order valence-corrected chi connectivity index (χ0v) is 17.1. The van der Waals surface area contributed by atoms with E-state index in [2.05, 4.69) is 10.2 Å². The molecule has 6 heteroatoms. The predicted molar refractivity (Wildman–Crippen MR) is 113 cm³/mol. The van der Waals surface area contributed by atoms with Crippen LogP contribution in [0, 0.1) is 5.92 Å². The van der Waals surface area contributed by atoms with Crippen LogP contribution in [0.3, 0.4) is 0 Å². The van der Waals surface area contributed by atoms with Crippen molar-refractivity contribution in [3.8, 4) is 11.5 Å². The van der Waals surface area contributed by atoms with Gasteiger partial charge in [0.05, 0.1) is 13.2 Å². The Hall–Kier alpha value is -2.57. The van der Waals surface area contributed by atoms with Crippen molar-refractivity contribution in [2.45, 2.75) is 31.6 Å². The van der Waals surface area contributed by atoms with E-state index in [4.69, 9.17) is 14.2 Å². The molecule has 2 aromatic carbocycles. The molecule has 5 rings (SSSR count). The third-order valence-electron chi connectivity index (χ3n) is 6.14. The standard InChI is InChI=1S/C24H28N2O4/c27-24(25-20-10-18-8-9-26(12-18)13-20)19-6-7-22-23(11-19)29-16-21(30-22)15-28-14-17-4-2-1-3-5-17/h1-7,11,18,20-21H,8-10,12-16H2,(H,25,27)/t18-,20-,21+/m0/s1. The van der Waals surface area contributed by atoms with Gasteiger partial charge in [0.2, 0.25) is 0 Å². The zero-order valence-electron chi connectivity index (χ0n) is 17.1. The Bertz CT molecular complexity index is 876. The summed E-state index contributed by atoms with van der Waals surface area (Å²) in [5.74, 6) is 1.97. The lowest BCUT2D eigenvalue weighted by molar-refractivity contribution is 0.00268. The van der Waals surface area contributed by atoms with Crippen LogP contribution in [0.4, 0.5) is 0 Å². The maximum atomic E-state index is 12.7. The van der Waals surface area contributed by atoms with Gasteiger partial charge in [-0.2, -0.15) is 0 Å². The van der Waals surface area contributed by atoms with Gasteiger partial charge in [0.15, 0.2) is 17.6 Å². The summed E-state index contributed by atoms with van der Waals surface area (Å²) in [6.45, 7) is 4.72. The molecule has 2 fully saturated rings. The van der Waals surface area contributed by atoms with Gasteiger partial charge in [-0.15, -0.1) is 0 Å². The van der Waals surface area contributed by atoms with Crippen molar-refractivity contribution in [1.29, 1.82) is 0 Å². The number of piperidine rings is 1. The van der Waals surface area contributed by atoms with Crippen molar-refractivity contribution in [3.63, 3.8) is 0 Å². The van der Waals surface area contributed by atoms with E-state index in [0.717, 1.165) is 31.0 Å². The van der Waals surface area contributed by atoms with E-state index < -0.39 is 0 Å². The molecule has 0 spiro atoms.